The molecule has 0 aromatic heterocycles. The molecule has 0 bridgehead atoms. The van der Waals surface area contributed by atoms with E-state index in [1.54, 1.807) is 12.1 Å². The maximum absolute atomic E-state index is 13.4. The van der Waals surface area contributed by atoms with Crippen LogP contribution in [0.4, 0.5) is 14.9 Å². The third-order valence-electron chi connectivity index (χ3n) is 3.22. The van der Waals surface area contributed by atoms with Crippen LogP contribution in [0.1, 0.15) is 5.56 Å². The van der Waals surface area contributed by atoms with E-state index in [0.717, 1.165) is 17.7 Å². The van der Waals surface area contributed by atoms with Crippen molar-refractivity contribution in [3.8, 4) is 17.6 Å². The Bertz CT molecular complexity index is 794. The Labute approximate surface area is 146 Å². The fraction of sp³-hybridized carbons (Fsp3) is 0.150. The number of nitrogens with one attached hydrogen (secondary N) is 2. The highest BCUT2D eigenvalue weighted by molar-refractivity contribution is 5.89. The first kappa shape index (κ1) is 18.1. The number of halogens is 1. The molecular weight excluding hydrogens is 319 g/mol. The van der Waals surface area contributed by atoms with E-state index < -0.39 is 11.8 Å². The zero-order chi connectivity index (χ0) is 17.9. The maximum atomic E-state index is 13.4. The molecule has 0 heterocycles. The Morgan fingerprint density at radius 2 is 1.92 bits per heavy atom. The first-order valence-corrected chi connectivity index (χ1v) is 7.77. The Hall–Kier alpha value is -3.26. The lowest BCUT2D eigenvalue weighted by atomic mass is 10.1. The number of benzene rings is 2. The lowest BCUT2D eigenvalue weighted by molar-refractivity contribution is 0.253. The quantitative estimate of drug-likeness (QED) is 0.622. The van der Waals surface area contributed by atoms with Gasteiger partial charge in [-0.15, -0.1) is 6.58 Å². The van der Waals surface area contributed by atoms with Gasteiger partial charge in [-0.1, -0.05) is 48.2 Å². The van der Waals surface area contributed by atoms with Crippen molar-refractivity contribution >= 4 is 11.7 Å². The van der Waals surface area contributed by atoms with Gasteiger partial charge in [-0.3, -0.25) is 0 Å². The number of urea groups is 1. The van der Waals surface area contributed by atoms with Crippen LogP contribution in [0.5, 0.6) is 5.75 Å². The van der Waals surface area contributed by atoms with Crippen molar-refractivity contribution in [3.63, 3.8) is 0 Å². The average Bonchev–Trinajstić information content (AvgIpc) is 2.61. The molecule has 2 aromatic carbocycles. The third-order valence-corrected chi connectivity index (χ3v) is 3.22. The van der Waals surface area contributed by atoms with Gasteiger partial charge < -0.3 is 15.4 Å². The molecular formula is C20H19FN2O2. The van der Waals surface area contributed by atoms with E-state index in [1.807, 2.05) is 30.3 Å². The molecule has 0 aliphatic rings. The Balaban J connectivity index is 1.73. The van der Waals surface area contributed by atoms with Crippen LogP contribution < -0.4 is 15.4 Å². The van der Waals surface area contributed by atoms with Gasteiger partial charge in [0, 0.05) is 0 Å². The summed E-state index contributed by atoms with van der Waals surface area (Å²) in [6.45, 7) is 4.07. The number of para-hydroxylation sites is 2. The van der Waals surface area contributed by atoms with Gasteiger partial charge in [-0.05, 0) is 30.2 Å². The highest BCUT2D eigenvalue weighted by Crippen LogP contribution is 2.18. The van der Waals surface area contributed by atoms with Crippen molar-refractivity contribution in [2.24, 2.45) is 0 Å². The van der Waals surface area contributed by atoms with Crippen LogP contribution in [0.15, 0.2) is 61.2 Å². The largest absolute Gasteiger partial charge is 0.481 e. The summed E-state index contributed by atoms with van der Waals surface area (Å²) in [6, 6.07) is 13.1. The predicted molar refractivity (Wildman–Crippen MR) is 97.0 cm³/mol. The van der Waals surface area contributed by atoms with Crippen molar-refractivity contribution in [2.75, 3.05) is 18.5 Å². The number of allylic oxidation sites excluding steroid dienone is 1. The zero-order valence-electron chi connectivity index (χ0n) is 13.7. The molecule has 0 aliphatic carbocycles. The van der Waals surface area contributed by atoms with Crippen molar-refractivity contribution < 1.29 is 13.9 Å². The minimum absolute atomic E-state index is 0.120. The summed E-state index contributed by atoms with van der Waals surface area (Å²) in [4.78, 5) is 11.6. The molecule has 0 aliphatic heterocycles. The summed E-state index contributed by atoms with van der Waals surface area (Å²) in [7, 11) is 0. The third kappa shape index (κ3) is 6.04. The predicted octanol–water partition coefficient (Wildman–Crippen LogP) is 3.76. The molecule has 4 nitrogen and oxygen atoms in total. The molecule has 2 amide bonds. The minimum atomic E-state index is -0.517. The SMILES string of the molecule is C=CCc1ccccc1OCC#CCNC(=O)Nc1ccccc1F. The first-order chi connectivity index (χ1) is 12.2. The first-order valence-electron chi connectivity index (χ1n) is 7.77. The summed E-state index contributed by atoms with van der Waals surface area (Å²) in [5, 5.41) is 4.94. The molecule has 0 unspecified atom stereocenters. The van der Waals surface area contributed by atoms with Crippen LogP contribution in [0.25, 0.3) is 0 Å². The number of ether oxygens (including phenoxy) is 1. The summed E-state index contributed by atoms with van der Waals surface area (Å²) in [6.07, 6.45) is 2.54. The fourth-order valence-corrected chi connectivity index (χ4v) is 2.05. The summed E-state index contributed by atoms with van der Waals surface area (Å²) in [5.74, 6) is 5.87. The number of carbonyl (C=O) groups excluding carboxylic acids is 1. The van der Waals surface area contributed by atoms with Crippen molar-refractivity contribution in [2.45, 2.75) is 6.42 Å². The average molecular weight is 338 g/mol. The molecule has 2 aromatic rings. The van der Waals surface area contributed by atoms with Crippen LogP contribution >= 0.6 is 0 Å². The lowest BCUT2D eigenvalue weighted by Gasteiger charge is -2.07. The van der Waals surface area contributed by atoms with Gasteiger partial charge in [0.25, 0.3) is 0 Å². The molecule has 25 heavy (non-hydrogen) atoms. The standard InChI is InChI=1S/C20H19FN2O2/c1-2-9-16-10-3-6-13-19(16)25-15-8-7-14-22-20(24)23-18-12-5-4-11-17(18)21/h2-6,10-13H,1,9,14-15H2,(H2,22,23,24). The van der Waals surface area contributed by atoms with Crippen molar-refractivity contribution in [1.29, 1.82) is 0 Å². The van der Waals surface area contributed by atoms with Crippen LogP contribution in [-0.2, 0) is 6.42 Å². The van der Waals surface area contributed by atoms with E-state index in [4.69, 9.17) is 4.74 Å². The van der Waals surface area contributed by atoms with Gasteiger partial charge in [-0.25, -0.2) is 9.18 Å². The van der Waals surface area contributed by atoms with E-state index >= 15 is 0 Å². The fourth-order valence-electron chi connectivity index (χ4n) is 2.05. The zero-order valence-corrected chi connectivity index (χ0v) is 13.7. The Morgan fingerprint density at radius 1 is 1.16 bits per heavy atom. The minimum Gasteiger partial charge on any atom is -0.481 e. The van der Waals surface area contributed by atoms with Crippen LogP contribution in [0.3, 0.4) is 0 Å². The second kappa shape index (κ2) is 9.78. The Kier molecular flexibility index (Phi) is 7.08. The number of anilines is 1. The second-order valence-electron chi connectivity index (χ2n) is 5.03. The molecule has 0 spiro atoms. The normalized spacial score (nSPS) is 9.48. The highest BCUT2D eigenvalue weighted by Gasteiger charge is 2.04. The number of carbonyl (C=O) groups is 1. The lowest BCUT2D eigenvalue weighted by Crippen LogP contribution is -2.29. The van der Waals surface area contributed by atoms with E-state index in [9.17, 15) is 9.18 Å². The molecule has 0 saturated heterocycles. The summed E-state index contributed by atoms with van der Waals surface area (Å²) >= 11 is 0. The Morgan fingerprint density at radius 3 is 2.72 bits per heavy atom. The molecule has 2 N–H and O–H groups in total. The van der Waals surface area contributed by atoms with Crippen LogP contribution in [0, 0.1) is 17.7 Å². The van der Waals surface area contributed by atoms with Gasteiger partial charge in [0.1, 0.15) is 18.2 Å². The maximum Gasteiger partial charge on any atom is 0.320 e. The van der Waals surface area contributed by atoms with Crippen molar-refractivity contribution in [1.82, 2.24) is 5.32 Å². The summed E-state index contributed by atoms with van der Waals surface area (Å²) in [5.41, 5.74) is 1.16. The van der Waals surface area contributed by atoms with Gasteiger partial charge in [0.15, 0.2) is 0 Å². The van der Waals surface area contributed by atoms with Gasteiger partial charge in [-0.2, -0.15) is 0 Å². The smallest absolute Gasteiger partial charge is 0.320 e. The topological polar surface area (TPSA) is 50.4 Å². The van der Waals surface area contributed by atoms with Gasteiger partial charge in [0.05, 0.1) is 12.2 Å². The number of rotatable bonds is 6. The van der Waals surface area contributed by atoms with E-state index in [-0.39, 0.29) is 18.8 Å². The van der Waals surface area contributed by atoms with Crippen LogP contribution in [-0.4, -0.2) is 19.2 Å². The van der Waals surface area contributed by atoms with E-state index in [0.29, 0.717) is 0 Å². The number of hydrogen-bond donors (Lipinski definition) is 2. The highest BCUT2D eigenvalue weighted by atomic mass is 19.1. The van der Waals surface area contributed by atoms with Gasteiger partial charge in [0.2, 0.25) is 0 Å². The molecule has 0 atom stereocenters. The molecule has 0 radical (unpaired) electrons. The van der Waals surface area contributed by atoms with Crippen molar-refractivity contribution in [3.05, 3.63) is 72.6 Å². The summed E-state index contributed by atoms with van der Waals surface area (Å²) < 4.78 is 19.0. The van der Waals surface area contributed by atoms with E-state index in [1.165, 1.54) is 12.1 Å². The number of hydrogen-bond acceptors (Lipinski definition) is 2. The molecule has 2 rings (SSSR count). The molecule has 0 fully saturated rings. The second-order valence-corrected chi connectivity index (χ2v) is 5.03. The molecule has 0 saturated carbocycles. The number of amides is 2. The monoisotopic (exact) mass is 338 g/mol. The van der Waals surface area contributed by atoms with Crippen LogP contribution in [0.2, 0.25) is 0 Å². The molecule has 5 heteroatoms. The molecule has 128 valence electrons. The van der Waals surface area contributed by atoms with Gasteiger partial charge >= 0.3 is 6.03 Å². The van der Waals surface area contributed by atoms with E-state index in [2.05, 4.69) is 29.1 Å².